The van der Waals surface area contributed by atoms with Crippen molar-refractivity contribution in [3.63, 3.8) is 0 Å². The molecule has 0 amide bonds. The topological polar surface area (TPSA) is 38.5 Å². The summed E-state index contributed by atoms with van der Waals surface area (Å²) >= 11 is 0. The Bertz CT molecular complexity index is 97.1. The maximum atomic E-state index is 5.64. The smallest absolute Gasteiger partial charge is 0.0811 e. The van der Waals surface area contributed by atoms with Gasteiger partial charge in [0.15, 0.2) is 0 Å². The summed E-state index contributed by atoms with van der Waals surface area (Å²) in [4.78, 5) is 2.11. The van der Waals surface area contributed by atoms with Crippen molar-refractivity contribution in [1.82, 2.24) is 4.90 Å². The first kappa shape index (κ1) is 6.99. The van der Waals surface area contributed by atoms with Gasteiger partial charge < -0.3 is 10.5 Å². The number of nitrogens with two attached hydrogens (primary N) is 1. The minimum absolute atomic E-state index is 0.0983. The maximum Gasteiger partial charge on any atom is 0.0811 e. The lowest BCUT2D eigenvalue weighted by molar-refractivity contribution is -0.0424. The van der Waals surface area contributed by atoms with E-state index in [-0.39, 0.29) is 6.17 Å². The zero-order valence-corrected chi connectivity index (χ0v) is 6.00. The summed E-state index contributed by atoms with van der Waals surface area (Å²) in [6.07, 6.45) is 0.441. The lowest BCUT2D eigenvalue weighted by atomic mass is 10.3. The van der Waals surface area contributed by atoms with Crippen LogP contribution in [0, 0.1) is 0 Å². The molecule has 0 bridgehead atoms. The Labute approximate surface area is 55.8 Å². The van der Waals surface area contributed by atoms with Gasteiger partial charge in [-0.3, -0.25) is 4.90 Å². The van der Waals surface area contributed by atoms with Gasteiger partial charge in [-0.25, -0.2) is 0 Å². The van der Waals surface area contributed by atoms with Gasteiger partial charge in [-0.2, -0.15) is 0 Å². The second-order valence-electron chi connectivity index (χ2n) is 2.65. The summed E-state index contributed by atoms with van der Waals surface area (Å²) in [6, 6.07) is 0. The molecule has 0 aromatic rings. The molecule has 0 aromatic heterocycles. The summed E-state index contributed by atoms with van der Waals surface area (Å²) in [5.74, 6) is 0. The zero-order valence-electron chi connectivity index (χ0n) is 6.00. The van der Waals surface area contributed by atoms with Gasteiger partial charge in [-0.05, 0) is 14.0 Å². The number of rotatable bonds is 0. The minimum Gasteiger partial charge on any atom is -0.374 e. The molecule has 54 valence electrons. The van der Waals surface area contributed by atoms with Crippen molar-refractivity contribution in [1.29, 1.82) is 0 Å². The highest BCUT2D eigenvalue weighted by atomic mass is 16.5. The van der Waals surface area contributed by atoms with Crippen molar-refractivity contribution in [2.45, 2.75) is 19.2 Å². The normalized spacial score (nSPS) is 39.0. The molecule has 0 radical (unpaired) electrons. The van der Waals surface area contributed by atoms with Crippen molar-refractivity contribution in [2.24, 2.45) is 5.73 Å². The number of hydrogen-bond acceptors (Lipinski definition) is 3. The van der Waals surface area contributed by atoms with Gasteiger partial charge in [-0.15, -0.1) is 0 Å². The Morgan fingerprint density at radius 1 is 1.67 bits per heavy atom. The van der Waals surface area contributed by atoms with Crippen LogP contribution < -0.4 is 5.73 Å². The first-order valence-electron chi connectivity index (χ1n) is 3.27. The molecule has 1 aliphatic rings. The van der Waals surface area contributed by atoms with Crippen LogP contribution in [0.1, 0.15) is 6.92 Å². The highest BCUT2D eigenvalue weighted by molar-refractivity contribution is 4.69. The van der Waals surface area contributed by atoms with E-state index in [2.05, 4.69) is 11.8 Å². The Kier molecular flexibility index (Phi) is 2.05. The van der Waals surface area contributed by atoms with Crippen LogP contribution in [0.5, 0.6) is 0 Å². The molecule has 2 unspecified atom stereocenters. The van der Waals surface area contributed by atoms with Gasteiger partial charge in [0, 0.05) is 6.54 Å². The van der Waals surface area contributed by atoms with Crippen LogP contribution in [-0.2, 0) is 4.74 Å². The van der Waals surface area contributed by atoms with Crippen LogP contribution in [0.15, 0.2) is 0 Å². The summed E-state index contributed by atoms with van der Waals surface area (Å²) in [5, 5.41) is 0. The molecule has 3 heteroatoms. The number of likely N-dealkylation sites (N-methyl/N-ethyl adjacent to an activating group) is 1. The number of ether oxygens (including phenoxy) is 1. The van der Waals surface area contributed by atoms with Crippen LogP contribution in [-0.4, -0.2) is 37.4 Å². The SMILES string of the molecule is CC1CN(C)C(N)CO1. The summed E-state index contributed by atoms with van der Waals surface area (Å²) in [6.45, 7) is 3.67. The molecule has 0 spiro atoms. The third-order valence-electron chi connectivity index (χ3n) is 1.66. The van der Waals surface area contributed by atoms with Gasteiger partial charge in [0.2, 0.25) is 0 Å². The van der Waals surface area contributed by atoms with E-state index in [0.717, 1.165) is 6.54 Å². The zero-order chi connectivity index (χ0) is 6.85. The van der Waals surface area contributed by atoms with E-state index in [0.29, 0.717) is 12.7 Å². The Morgan fingerprint density at radius 3 is 2.78 bits per heavy atom. The molecular formula is C6H14N2O. The van der Waals surface area contributed by atoms with Gasteiger partial charge in [0.1, 0.15) is 0 Å². The van der Waals surface area contributed by atoms with Gasteiger partial charge in [0.05, 0.1) is 18.9 Å². The molecule has 1 heterocycles. The second-order valence-corrected chi connectivity index (χ2v) is 2.65. The molecule has 3 nitrogen and oxygen atoms in total. The molecule has 0 saturated carbocycles. The molecule has 0 aliphatic carbocycles. The molecule has 2 N–H and O–H groups in total. The van der Waals surface area contributed by atoms with Crippen molar-refractivity contribution in [3.8, 4) is 0 Å². The molecule has 1 aliphatic heterocycles. The molecule has 1 rings (SSSR count). The Hall–Kier alpha value is -0.120. The second kappa shape index (κ2) is 2.64. The third-order valence-corrected chi connectivity index (χ3v) is 1.66. The van der Waals surface area contributed by atoms with Crippen LogP contribution in [0.3, 0.4) is 0 Å². The minimum atomic E-state index is 0.0983. The summed E-state index contributed by atoms with van der Waals surface area (Å²) in [5.41, 5.74) is 5.64. The van der Waals surface area contributed by atoms with Gasteiger partial charge in [0.25, 0.3) is 0 Å². The van der Waals surface area contributed by atoms with Gasteiger partial charge in [-0.1, -0.05) is 0 Å². The molecule has 9 heavy (non-hydrogen) atoms. The van der Waals surface area contributed by atoms with E-state index in [9.17, 15) is 0 Å². The first-order valence-corrected chi connectivity index (χ1v) is 3.27. The Balaban J connectivity index is 2.35. The highest BCUT2D eigenvalue weighted by Gasteiger charge is 2.19. The van der Waals surface area contributed by atoms with Crippen LogP contribution >= 0.6 is 0 Å². The average molecular weight is 130 g/mol. The maximum absolute atomic E-state index is 5.64. The van der Waals surface area contributed by atoms with Crippen LogP contribution in [0.25, 0.3) is 0 Å². The largest absolute Gasteiger partial charge is 0.374 e. The molecular weight excluding hydrogens is 116 g/mol. The van der Waals surface area contributed by atoms with Crippen molar-refractivity contribution in [3.05, 3.63) is 0 Å². The van der Waals surface area contributed by atoms with Crippen LogP contribution in [0.2, 0.25) is 0 Å². The lowest BCUT2D eigenvalue weighted by Crippen LogP contribution is -2.51. The molecule has 2 atom stereocenters. The van der Waals surface area contributed by atoms with E-state index in [4.69, 9.17) is 10.5 Å². The van der Waals surface area contributed by atoms with Gasteiger partial charge >= 0.3 is 0 Å². The van der Waals surface area contributed by atoms with E-state index in [1.165, 1.54) is 0 Å². The standard InChI is InChI=1S/C6H14N2O/c1-5-3-8(2)6(7)4-9-5/h5-6H,3-4,7H2,1-2H3. The number of hydrogen-bond donors (Lipinski definition) is 1. The van der Waals surface area contributed by atoms with E-state index in [1.807, 2.05) is 7.05 Å². The predicted molar refractivity (Wildman–Crippen MR) is 36.0 cm³/mol. The molecule has 1 fully saturated rings. The van der Waals surface area contributed by atoms with Crippen molar-refractivity contribution < 1.29 is 4.74 Å². The fourth-order valence-electron chi connectivity index (χ4n) is 0.984. The Morgan fingerprint density at radius 2 is 2.33 bits per heavy atom. The summed E-state index contributed by atoms with van der Waals surface area (Å²) in [7, 11) is 2.02. The fourth-order valence-corrected chi connectivity index (χ4v) is 0.984. The average Bonchev–Trinajstić information content (AvgIpc) is 1.80. The van der Waals surface area contributed by atoms with E-state index in [1.54, 1.807) is 0 Å². The van der Waals surface area contributed by atoms with Crippen LogP contribution in [0.4, 0.5) is 0 Å². The fraction of sp³-hybridized carbons (Fsp3) is 1.00. The van der Waals surface area contributed by atoms with Crippen molar-refractivity contribution in [2.75, 3.05) is 20.2 Å². The third kappa shape index (κ3) is 1.64. The number of morpholine rings is 1. The van der Waals surface area contributed by atoms with E-state index >= 15 is 0 Å². The molecule has 0 aromatic carbocycles. The highest BCUT2D eigenvalue weighted by Crippen LogP contribution is 2.04. The van der Waals surface area contributed by atoms with E-state index < -0.39 is 0 Å². The number of nitrogens with zero attached hydrogens (tertiary/aromatic N) is 1. The van der Waals surface area contributed by atoms with Crippen molar-refractivity contribution >= 4 is 0 Å². The lowest BCUT2D eigenvalue weighted by Gasteiger charge is -2.33. The predicted octanol–water partition coefficient (Wildman–Crippen LogP) is -0.378. The first-order chi connectivity index (χ1) is 4.20. The quantitative estimate of drug-likeness (QED) is 0.486. The molecule has 1 saturated heterocycles. The summed E-state index contributed by atoms with van der Waals surface area (Å²) < 4.78 is 5.29. The monoisotopic (exact) mass is 130 g/mol.